The number of rotatable bonds is 1. The Kier molecular flexibility index (Phi) is 4.53. The van der Waals surface area contributed by atoms with Crippen molar-refractivity contribution in [3.63, 3.8) is 0 Å². The summed E-state index contributed by atoms with van der Waals surface area (Å²) in [7, 11) is 0. The van der Waals surface area contributed by atoms with E-state index < -0.39 is 11.4 Å². The van der Waals surface area contributed by atoms with E-state index in [2.05, 4.69) is 21.9 Å². The van der Waals surface area contributed by atoms with Crippen LogP contribution in [0.25, 0.3) is 21.5 Å². The average Bonchev–Trinajstić information content (AvgIpc) is 3.13. The predicted molar refractivity (Wildman–Crippen MR) is 112 cm³/mol. The van der Waals surface area contributed by atoms with Crippen molar-refractivity contribution in [2.24, 2.45) is 0 Å². The molecule has 0 bridgehead atoms. The Balaban J connectivity index is 1.70. The topological polar surface area (TPSA) is 67.0 Å². The number of piperidine rings is 1. The summed E-state index contributed by atoms with van der Waals surface area (Å²) in [4.78, 5) is 22.3. The van der Waals surface area contributed by atoms with E-state index in [9.17, 15) is 9.18 Å². The van der Waals surface area contributed by atoms with E-state index in [-0.39, 0.29) is 17.2 Å². The summed E-state index contributed by atoms with van der Waals surface area (Å²) in [5.41, 5.74) is 3.29. The second-order valence-corrected chi connectivity index (χ2v) is 9.32. The van der Waals surface area contributed by atoms with Gasteiger partial charge in [0, 0.05) is 29.8 Å². The second kappa shape index (κ2) is 6.73. The summed E-state index contributed by atoms with van der Waals surface area (Å²) in [5, 5.41) is 3.31. The number of imidazole rings is 1. The summed E-state index contributed by atoms with van der Waals surface area (Å²) >= 11 is 0. The number of H-pyrrole nitrogens is 1. The van der Waals surface area contributed by atoms with E-state index in [4.69, 9.17) is 11.3 Å². The summed E-state index contributed by atoms with van der Waals surface area (Å²) < 4.78 is 21.2. The Morgan fingerprint density at radius 3 is 2.60 bits per heavy atom. The molecule has 4 rings (SSSR count). The number of hydrogen-bond acceptors (Lipinski definition) is 3. The fourth-order valence-corrected chi connectivity index (χ4v) is 4.39. The Morgan fingerprint density at radius 2 is 2.00 bits per heavy atom. The number of fused-ring (bicyclic) bond motifs is 3. The highest BCUT2D eigenvalue weighted by Crippen LogP contribution is 2.41. The predicted octanol–water partition coefficient (Wildman–Crippen LogP) is 5.10. The maximum atomic E-state index is 13.9. The molecular formula is C22H26FN5O2. The number of nitrogens with one attached hydrogen (secondary N) is 1. The molecule has 1 amide bonds. The van der Waals surface area contributed by atoms with Gasteiger partial charge in [0.25, 0.3) is 0 Å². The first-order valence-electron chi connectivity index (χ1n) is 10.1. The highest BCUT2D eigenvalue weighted by Gasteiger charge is 2.38. The van der Waals surface area contributed by atoms with E-state index in [1.54, 1.807) is 9.42 Å². The van der Waals surface area contributed by atoms with Crippen LogP contribution in [0.5, 0.6) is 0 Å². The zero-order valence-electron chi connectivity index (χ0n) is 18.0. The molecular weight excluding hydrogens is 385 g/mol. The molecule has 0 unspecified atom stereocenters. The molecule has 0 spiro atoms. The van der Waals surface area contributed by atoms with Crippen molar-refractivity contribution in [3.05, 3.63) is 40.6 Å². The molecule has 1 aliphatic heterocycles. The van der Waals surface area contributed by atoms with E-state index in [1.807, 2.05) is 27.7 Å². The first-order chi connectivity index (χ1) is 14.0. The van der Waals surface area contributed by atoms with Gasteiger partial charge in [0.15, 0.2) is 5.65 Å². The molecule has 0 aliphatic carbocycles. The van der Waals surface area contributed by atoms with Gasteiger partial charge in [0.1, 0.15) is 11.4 Å². The number of halogens is 1. The number of aromatic nitrogens is 3. The van der Waals surface area contributed by atoms with Crippen molar-refractivity contribution in [2.45, 2.75) is 58.5 Å². The van der Waals surface area contributed by atoms with Crippen molar-refractivity contribution >= 4 is 28.5 Å². The molecule has 0 atom stereocenters. The van der Waals surface area contributed by atoms with Crippen LogP contribution in [0.1, 0.15) is 51.8 Å². The van der Waals surface area contributed by atoms with Gasteiger partial charge >= 0.3 is 6.09 Å². The smallest absolute Gasteiger partial charge is 0.410 e. The lowest BCUT2D eigenvalue weighted by Gasteiger charge is -2.39. The molecule has 1 fully saturated rings. The Labute approximate surface area is 174 Å². The molecule has 30 heavy (non-hydrogen) atoms. The lowest BCUT2D eigenvalue weighted by atomic mass is 9.74. The van der Waals surface area contributed by atoms with Crippen LogP contribution in [0.2, 0.25) is 0 Å². The fourth-order valence-electron chi connectivity index (χ4n) is 4.39. The standard InChI is InChI=1S/C22H26FN5O2/c1-13-17(22(5)7-9-27(10-8-22)20(29)30-21(2,3)4)19-25-16-12-14(23)11-15(24-6)18(16)28(19)26-13/h11-12,26H,7-10H2,1-5H3. The van der Waals surface area contributed by atoms with Crippen molar-refractivity contribution in [3.8, 4) is 0 Å². The minimum Gasteiger partial charge on any atom is -0.444 e. The first kappa shape index (κ1) is 20.2. The maximum Gasteiger partial charge on any atom is 0.410 e. The first-order valence-corrected chi connectivity index (χ1v) is 10.1. The van der Waals surface area contributed by atoms with Gasteiger partial charge in [0.05, 0.1) is 17.6 Å². The normalized spacial score (nSPS) is 16.8. The van der Waals surface area contributed by atoms with Crippen LogP contribution in [-0.2, 0) is 10.2 Å². The van der Waals surface area contributed by atoms with Gasteiger partial charge in [-0.1, -0.05) is 6.92 Å². The van der Waals surface area contributed by atoms with Gasteiger partial charge in [-0.25, -0.2) is 23.5 Å². The molecule has 3 aromatic rings. The highest BCUT2D eigenvalue weighted by molar-refractivity contribution is 5.92. The van der Waals surface area contributed by atoms with Gasteiger partial charge in [-0.3, -0.25) is 5.10 Å². The molecule has 3 heterocycles. The Bertz CT molecular complexity index is 1190. The molecule has 0 radical (unpaired) electrons. The quantitative estimate of drug-likeness (QED) is 0.567. The summed E-state index contributed by atoms with van der Waals surface area (Å²) in [6.07, 6.45) is 1.23. The third-order valence-electron chi connectivity index (χ3n) is 5.82. The minimum atomic E-state index is -0.521. The van der Waals surface area contributed by atoms with E-state index in [0.29, 0.717) is 29.8 Å². The van der Waals surface area contributed by atoms with Gasteiger partial charge in [-0.15, -0.1) is 0 Å². The third kappa shape index (κ3) is 3.28. The van der Waals surface area contributed by atoms with Crippen LogP contribution < -0.4 is 0 Å². The molecule has 1 aliphatic rings. The lowest BCUT2D eigenvalue weighted by molar-refractivity contribution is 0.0172. The number of carbonyl (C=O) groups excluding carboxylic acids is 1. The number of carbonyl (C=O) groups is 1. The van der Waals surface area contributed by atoms with Crippen molar-refractivity contribution in [2.75, 3.05) is 13.1 Å². The Hall–Kier alpha value is -3.08. The van der Waals surface area contributed by atoms with Crippen LogP contribution in [0.4, 0.5) is 14.9 Å². The van der Waals surface area contributed by atoms with Gasteiger partial charge in [-0.05, 0) is 52.7 Å². The monoisotopic (exact) mass is 411 g/mol. The molecule has 2 aromatic heterocycles. The van der Waals surface area contributed by atoms with Crippen LogP contribution >= 0.6 is 0 Å². The van der Waals surface area contributed by atoms with Gasteiger partial charge in [0.2, 0.25) is 5.69 Å². The largest absolute Gasteiger partial charge is 0.444 e. The molecule has 1 saturated heterocycles. The van der Waals surface area contributed by atoms with Crippen LogP contribution in [0.15, 0.2) is 12.1 Å². The third-order valence-corrected chi connectivity index (χ3v) is 5.82. The summed E-state index contributed by atoms with van der Waals surface area (Å²) in [5.74, 6) is -0.468. The van der Waals surface area contributed by atoms with Crippen molar-refractivity contribution < 1.29 is 13.9 Å². The molecule has 0 saturated carbocycles. The summed E-state index contributed by atoms with van der Waals surface area (Å²) in [6.45, 7) is 18.3. The maximum absolute atomic E-state index is 13.9. The zero-order chi connectivity index (χ0) is 21.8. The fraction of sp³-hybridized carbons (Fsp3) is 0.500. The van der Waals surface area contributed by atoms with Crippen molar-refractivity contribution in [1.29, 1.82) is 0 Å². The molecule has 7 nitrogen and oxygen atoms in total. The zero-order valence-corrected chi connectivity index (χ0v) is 18.0. The van der Waals surface area contributed by atoms with E-state index in [0.717, 1.165) is 24.1 Å². The molecule has 1 N–H and O–H groups in total. The van der Waals surface area contributed by atoms with Crippen LogP contribution in [0, 0.1) is 19.3 Å². The average molecular weight is 411 g/mol. The number of nitrogens with zero attached hydrogens (tertiary/aromatic N) is 4. The van der Waals surface area contributed by atoms with Crippen molar-refractivity contribution in [1.82, 2.24) is 19.5 Å². The Morgan fingerprint density at radius 1 is 1.33 bits per heavy atom. The van der Waals surface area contributed by atoms with Gasteiger partial charge < -0.3 is 9.64 Å². The number of likely N-dealkylation sites (tertiary alicyclic amines) is 1. The van der Waals surface area contributed by atoms with E-state index in [1.165, 1.54) is 12.1 Å². The van der Waals surface area contributed by atoms with Crippen LogP contribution in [0.3, 0.4) is 0 Å². The molecule has 1 aromatic carbocycles. The van der Waals surface area contributed by atoms with Crippen LogP contribution in [-0.4, -0.2) is 44.3 Å². The van der Waals surface area contributed by atoms with E-state index >= 15 is 0 Å². The number of hydrogen-bond donors (Lipinski definition) is 1. The summed E-state index contributed by atoms with van der Waals surface area (Å²) in [6, 6.07) is 2.59. The lowest BCUT2D eigenvalue weighted by Crippen LogP contribution is -2.46. The number of benzene rings is 1. The highest BCUT2D eigenvalue weighted by atomic mass is 19.1. The number of aromatic amines is 1. The second-order valence-electron chi connectivity index (χ2n) is 9.32. The van der Waals surface area contributed by atoms with Gasteiger partial charge in [-0.2, -0.15) is 0 Å². The number of aryl methyl sites for hydroxylation is 1. The minimum absolute atomic E-state index is 0.206. The molecule has 8 heteroatoms. The SMILES string of the molecule is [C-]#[N+]c1cc(F)cc2nc3c(C4(C)CCN(C(=O)OC(C)(C)C)CC4)c(C)[nH]n3c12. The number of amides is 1. The molecule has 158 valence electrons. The number of ether oxygens (including phenoxy) is 1.